The Kier molecular flexibility index (Phi) is 6.36. The normalized spacial score (nSPS) is 11.4. The van der Waals surface area contributed by atoms with Gasteiger partial charge < -0.3 is 4.90 Å². The molecule has 0 aliphatic rings. The third-order valence-electron chi connectivity index (χ3n) is 3.46. The van der Waals surface area contributed by atoms with Crippen LogP contribution >= 0.6 is 0 Å². The van der Waals surface area contributed by atoms with Gasteiger partial charge in [0.15, 0.2) is 0 Å². The molecule has 0 aromatic heterocycles. The fourth-order valence-corrected chi connectivity index (χ4v) is 2.69. The van der Waals surface area contributed by atoms with Gasteiger partial charge in [-0.05, 0) is 30.5 Å². The highest BCUT2D eigenvalue weighted by atomic mass is 32.2. The van der Waals surface area contributed by atoms with E-state index in [1.54, 1.807) is 18.0 Å². The molecule has 0 radical (unpaired) electrons. The number of carbonyl (C=O) groups is 1. The molecule has 1 aromatic rings. The second-order valence-electron chi connectivity index (χ2n) is 5.15. The van der Waals surface area contributed by atoms with E-state index in [1.165, 1.54) is 12.1 Å². The number of aryl methyl sites for hydroxylation is 1. The molecule has 0 aliphatic carbocycles. The number of unbranched alkanes of at least 4 members (excludes halogenated alkanes) is 2. The average molecular weight is 312 g/mol. The van der Waals surface area contributed by atoms with Crippen LogP contribution in [-0.4, -0.2) is 32.8 Å². The first-order chi connectivity index (χ1) is 9.81. The van der Waals surface area contributed by atoms with Crippen LogP contribution < -0.4 is 5.14 Å². The van der Waals surface area contributed by atoms with E-state index in [1.807, 2.05) is 6.92 Å². The molecule has 1 rings (SSSR count). The number of benzene rings is 1. The van der Waals surface area contributed by atoms with Crippen molar-refractivity contribution in [3.05, 3.63) is 29.3 Å². The molecule has 0 spiro atoms. The fourth-order valence-electron chi connectivity index (χ4n) is 2.15. The molecule has 118 valence electrons. The van der Waals surface area contributed by atoms with E-state index in [0.29, 0.717) is 18.5 Å². The Hall–Kier alpha value is -1.40. The van der Waals surface area contributed by atoms with E-state index in [-0.39, 0.29) is 10.8 Å². The molecule has 0 aliphatic heterocycles. The van der Waals surface area contributed by atoms with Crippen LogP contribution in [-0.2, 0) is 16.4 Å². The van der Waals surface area contributed by atoms with Gasteiger partial charge in [-0.15, -0.1) is 0 Å². The lowest BCUT2D eigenvalue weighted by molar-refractivity contribution is 0.0791. The second-order valence-corrected chi connectivity index (χ2v) is 6.71. The van der Waals surface area contributed by atoms with Gasteiger partial charge in [0.25, 0.3) is 5.91 Å². The zero-order valence-electron chi connectivity index (χ0n) is 12.9. The van der Waals surface area contributed by atoms with Crippen molar-refractivity contribution in [3.8, 4) is 0 Å². The maximum atomic E-state index is 12.5. The first-order valence-corrected chi connectivity index (χ1v) is 8.77. The Morgan fingerprint density at radius 2 is 1.90 bits per heavy atom. The molecular formula is C15H24N2O3S. The van der Waals surface area contributed by atoms with Crippen molar-refractivity contribution < 1.29 is 13.2 Å². The molecule has 21 heavy (non-hydrogen) atoms. The summed E-state index contributed by atoms with van der Waals surface area (Å²) in [6.45, 7) is 4.70. The smallest absolute Gasteiger partial charge is 0.253 e. The minimum Gasteiger partial charge on any atom is -0.342 e. The molecule has 0 saturated carbocycles. The minimum absolute atomic E-state index is 0.0231. The summed E-state index contributed by atoms with van der Waals surface area (Å²) in [5.74, 6) is -0.159. The van der Waals surface area contributed by atoms with E-state index in [4.69, 9.17) is 5.14 Å². The van der Waals surface area contributed by atoms with E-state index in [0.717, 1.165) is 24.8 Å². The van der Waals surface area contributed by atoms with Crippen LogP contribution in [0.25, 0.3) is 0 Å². The van der Waals surface area contributed by atoms with Crippen LogP contribution in [0, 0.1) is 0 Å². The molecule has 5 nitrogen and oxygen atoms in total. The van der Waals surface area contributed by atoms with E-state index in [2.05, 4.69) is 6.92 Å². The third kappa shape index (κ3) is 4.82. The van der Waals surface area contributed by atoms with Crippen molar-refractivity contribution >= 4 is 15.9 Å². The average Bonchev–Trinajstić information content (AvgIpc) is 2.44. The monoisotopic (exact) mass is 312 g/mol. The van der Waals surface area contributed by atoms with Crippen LogP contribution in [0.5, 0.6) is 0 Å². The lowest BCUT2D eigenvalue weighted by atomic mass is 10.0. The second kappa shape index (κ2) is 7.56. The van der Waals surface area contributed by atoms with Crippen LogP contribution in [0.2, 0.25) is 0 Å². The quantitative estimate of drug-likeness (QED) is 0.783. The van der Waals surface area contributed by atoms with Gasteiger partial charge in [0.1, 0.15) is 0 Å². The molecular weight excluding hydrogens is 288 g/mol. The number of sulfonamides is 1. The molecule has 6 heteroatoms. The van der Waals surface area contributed by atoms with Gasteiger partial charge in [0.2, 0.25) is 10.0 Å². The summed E-state index contributed by atoms with van der Waals surface area (Å²) >= 11 is 0. The van der Waals surface area contributed by atoms with Gasteiger partial charge in [-0.2, -0.15) is 0 Å². The predicted molar refractivity (Wildman–Crippen MR) is 83.7 cm³/mol. The molecule has 0 atom stereocenters. The maximum Gasteiger partial charge on any atom is 0.253 e. The maximum absolute atomic E-state index is 12.5. The topological polar surface area (TPSA) is 80.5 Å². The number of hydrogen-bond acceptors (Lipinski definition) is 3. The fraction of sp³-hybridized carbons (Fsp3) is 0.533. The van der Waals surface area contributed by atoms with E-state index >= 15 is 0 Å². The Morgan fingerprint density at radius 3 is 2.43 bits per heavy atom. The number of rotatable bonds is 7. The highest BCUT2D eigenvalue weighted by Gasteiger charge is 2.18. The largest absolute Gasteiger partial charge is 0.342 e. The number of hydrogen-bond donors (Lipinski definition) is 1. The van der Waals surface area contributed by atoms with Crippen LogP contribution in [0.3, 0.4) is 0 Å². The zero-order valence-corrected chi connectivity index (χ0v) is 13.7. The molecule has 1 aromatic carbocycles. The Balaban J connectivity index is 3.06. The summed E-state index contributed by atoms with van der Waals surface area (Å²) in [7, 11) is -2.06. The highest BCUT2D eigenvalue weighted by molar-refractivity contribution is 7.89. The van der Waals surface area contributed by atoms with Crippen molar-refractivity contribution in [3.63, 3.8) is 0 Å². The molecule has 0 bridgehead atoms. The molecule has 2 N–H and O–H groups in total. The third-order valence-corrected chi connectivity index (χ3v) is 4.38. The predicted octanol–water partition coefficient (Wildman–Crippen LogP) is 2.16. The summed E-state index contributed by atoms with van der Waals surface area (Å²) in [5.41, 5.74) is 1.25. The Labute approximate surface area is 127 Å². The molecule has 1 amide bonds. The summed E-state index contributed by atoms with van der Waals surface area (Å²) in [6.07, 6.45) is 3.75. The first-order valence-electron chi connectivity index (χ1n) is 7.22. The van der Waals surface area contributed by atoms with Gasteiger partial charge in [0, 0.05) is 19.2 Å². The van der Waals surface area contributed by atoms with E-state index in [9.17, 15) is 13.2 Å². The van der Waals surface area contributed by atoms with Crippen molar-refractivity contribution in [1.82, 2.24) is 4.90 Å². The van der Waals surface area contributed by atoms with Crippen molar-refractivity contribution in [2.45, 2.75) is 44.4 Å². The summed E-state index contributed by atoms with van der Waals surface area (Å²) in [5, 5.41) is 5.14. The van der Waals surface area contributed by atoms with Crippen molar-refractivity contribution in [2.75, 3.05) is 13.6 Å². The Bertz CT molecular complexity index is 597. The number of carbonyl (C=O) groups excluding carboxylic acids is 1. The Morgan fingerprint density at radius 1 is 1.24 bits per heavy atom. The minimum atomic E-state index is -3.80. The van der Waals surface area contributed by atoms with Crippen LogP contribution in [0.15, 0.2) is 23.1 Å². The standard InChI is InChI=1S/C15H24N2O3S/c1-4-6-7-10-17(3)15(18)14-11-13(21(16,19)20)9-8-12(14)5-2/h8-9,11H,4-7,10H2,1-3H3,(H2,16,19,20). The molecule has 0 fully saturated rings. The summed E-state index contributed by atoms with van der Waals surface area (Å²) < 4.78 is 22.9. The number of nitrogens with zero attached hydrogens (tertiary/aromatic N) is 1. The zero-order chi connectivity index (χ0) is 16.0. The van der Waals surface area contributed by atoms with Crippen LogP contribution in [0.1, 0.15) is 49.0 Å². The molecule has 0 saturated heterocycles. The van der Waals surface area contributed by atoms with E-state index < -0.39 is 10.0 Å². The number of amides is 1. The van der Waals surface area contributed by atoms with Gasteiger partial charge in [-0.25, -0.2) is 13.6 Å². The highest BCUT2D eigenvalue weighted by Crippen LogP contribution is 2.18. The lowest BCUT2D eigenvalue weighted by Gasteiger charge is -2.19. The number of nitrogens with two attached hydrogens (primary N) is 1. The lowest BCUT2D eigenvalue weighted by Crippen LogP contribution is -2.29. The van der Waals surface area contributed by atoms with Crippen LogP contribution in [0.4, 0.5) is 0 Å². The first kappa shape index (κ1) is 17.7. The van der Waals surface area contributed by atoms with Gasteiger partial charge in [-0.1, -0.05) is 32.8 Å². The number of primary sulfonamides is 1. The van der Waals surface area contributed by atoms with Gasteiger partial charge >= 0.3 is 0 Å². The molecule has 0 heterocycles. The molecule has 0 unspecified atom stereocenters. The van der Waals surface area contributed by atoms with Crippen molar-refractivity contribution in [2.24, 2.45) is 5.14 Å². The van der Waals surface area contributed by atoms with Gasteiger partial charge in [-0.3, -0.25) is 4.79 Å². The SMILES string of the molecule is CCCCCN(C)C(=O)c1cc(S(N)(=O)=O)ccc1CC. The van der Waals surface area contributed by atoms with Crippen molar-refractivity contribution in [1.29, 1.82) is 0 Å². The summed E-state index contributed by atoms with van der Waals surface area (Å²) in [4.78, 5) is 14.1. The summed E-state index contributed by atoms with van der Waals surface area (Å²) in [6, 6.07) is 4.49. The van der Waals surface area contributed by atoms with Gasteiger partial charge in [0.05, 0.1) is 4.90 Å².